The molecule has 1 amide bonds. The van der Waals surface area contributed by atoms with Crippen molar-refractivity contribution in [1.29, 1.82) is 0 Å². The van der Waals surface area contributed by atoms with E-state index in [-0.39, 0.29) is 18.0 Å². The van der Waals surface area contributed by atoms with E-state index in [0.717, 1.165) is 36.3 Å². The van der Waals surface area contributed by atoms with Crippen LogP contribution in [-0.2, 0) is 0 Å². The van der Waals surface area contributed by atoms with Crippen molar-refractivity contribution in [3.8, 4) is 0 Å². The predicted octanol–water partition coefficient (Wildman–Crippen LogP) is 3.77. The first-order chi connectivity index (χ1) is 16.4. The van der Waals surface area contributed by atoms with Gasteiger partial charge in [-0.1, -0.05) is 21.5 Å². The second kappa shape index (κ2) is 7.63. The second-order valence-corrected chi connectivity index (χ2v) is 9.26. The standard InChI is InChI=1S/C23H21ClN8O2/c1-11-7-16-20(34-30-21(16)25)22(27-11)31-9-13-3-6-18(31)19(13)28-23(33)15-5-4-14(8-17(15)24)32-10-26-12(2)29-32/h4-5,7-8,10,13,18-19H,2-3,6,9H2,1H3,(H2-,25,28,30,33)/p+1. The van der Waals surface area contributed by atoms with Gasteiger partial charge in [0.1, 0.15) is 0 Å². The van der Waals surface area contributed by atoms with Crippen LogP contribution in [0, 0.1) is 12.8 Å². The number of amides is 1. The van der Waals surface area contributed by atoms with Crippen molar-refractivity contribution in [3.05, 3.63) is 52.9 Å². The smallest absolute Gasteiger partial charge is 0.314 e. The summed E-state index contributed by atoms with van der Waals surface area (Å²) in [4.78, 5) is 24.1. The number of aromatic nitrogens is 2. The fourth-order valence-electron chi connectivity index (χ4n) is 5.20. The third kappa shape index (κ3) is 3.25. The van der Waals surface area contributed by atoms with Gasteiger partial charge in [0, 0.05) is 18.3 Å². The molecule has 10 nitrogen and oxygen atoms in total. The van der Waals surface area contributed by atoms with Crippen molar-refractivity contribution < 1.29 is 14.0 Å². The number of nitrogen functional groups attached to an aromatic ring is 1. The summed E-state index contributed by atoms with van der Waals surface area (Å²) >= 11 is 6.47. The molecule has 2 bridgehead atoms. The lowest BCUT2D eigenvalue weighted by Crippen LogP contribution is -2.44. The fourth-order valence-corrected chi connectivity index (χ4v) is 5.46. The average molecular weight is 478 g/mol. The monoisotopic (exact) mass is 477 g/mol. The van der Waals surface area contributed by atoms with Gasteiger partial charge in [-0.3, -0.25) is 4.79 Å². The highest BCUT2D eigenvalue weighted by Crippen LogP contribution is 2.43. The van der Waals surface area contributed by atoms with Crippen LogP contribution in [0.4, 0.5) is 17.3 Å². The molecule has 3 N–H and O–H groups in total. The summed E-state index contributed by atoms with van der Waals surface area (Å²) in [5.74, 6) is 1.59. The van der Waals surface area contributed by atoms with E-state index in [2.05, 4.69) is 32.1 Å². The molecule has 34 heavy (non-hydrogen) atoms. The minimum Gasteiger partial charge on any atom is -0.380 e. The molecule has 2 aromatic heterocycles. The van der Waals surface area contributed by atoms with Gasteiger partial charge in [0.2, 0.25) is 5.58 Å². The number of azo groups is 2. The number of piperidine rings is 1. The van der Waals surface area contributed by atoms with E-state index >= 15 is 0 Å². The van der Waals surface area contributed by atoms with Gasteiger partial charge in [0.25, 0.3) is 11.7 Å². The highest BCUT2D eigenvalue weighted by Gasteiger charge is 2.49. The lowest BCUT2D eigenvalue weighted by molar-refractivity contribution is -0.370. The maximum atomic E-state index is 13.2. The molecule has 172 valence electrons. The normalized spacial score (nSPS) is 23.2. The summed E-state index contributed by atoms with van der Waals surface area (Å²) in [6.45, 7) is 6.39. The van der Waals surface area contributed by atoms with Gasteiger partial charge in [0.15, 0.2) is 17.3 Å². The van der Waals surface area contributed by atoms with E-state index in [0.29, 0.717) is 39.4 Å². The first kappa shape index (κ1) is 20.8. The van der Waals surface area contributed by atoms with E-state index < -0.39 is 0 Å². The highest BCUT2D eigenvalue weighted by molar-refractivity contribution is 6.34. The van der Waals surface area contributed by atoms with Crippen LogP contribution in [0.25, 0.3) is 11.0 Å². The number of fused-ring (bicyclic) bond motifs is 3. The molecule has 1 aliphatic carbocycles. The summed E-state index contributed by atoms with van der Waals surface area (Å²) in [6.07, 6.45) is 3.53. The Kier molecular flexibility index (Phi) is 4.66. The molecular weight excluding hydrogens is 456 g/mol. The molecule has 3 aromatic rings. The van der Waals surface area contributed by atoms with Crippen LogP contribution < -0.4 is 16.0 Å². The molecule has 2 aliphatic heterocycles. The number of nitrogens with one attached hydrogen (secondary N) is 1. The Morgan fingerprint density at radius 3 is 2.97 bits per heavy atom. The van der Waals surface area contributed by atoms with Gasteiger partial charge in [-0.2, -0.15) is 0 Å². The van der Waals surface area contributed by atoms with Crippen molar-refractivity contribution in [3.63, 3.8) is 0 Å². The average Bonchev–Trinajstić information content (AvgIpc) is 3.58. The van der Waals surface area contributed by atoms with Crippen molar-refractivity contribution in [2.45, 2.75) is 31.8 Å². The molecular formula is C23H22ClN8O2+. The Hall–Kier alpha value is -3.79. The number of hydrogen-bond acceptors (Lipinski definition) is 8. The number of benzene rings is 1. The van der Waals surface area contributed by atoms with E-state index in [1.165, 1.54) is 0 Å². The Bertz CT molecular complexity index is 1430. The largest absolute Gasteiger partial charge is 0.380 e. The van der Waals surface area contributed by atoms with Crippen LogP contribution >= 0.6 is 11.6 Å². The number of nitrogens with two attached hydrogens (primary N) is 1. The number of nitrogens with zero attached hydrogens (tertiary/aromatic N) is 6. The van der Waals surface area contributed by atoms with Crippen LogP contribution in [0.5, 0.6) is 0 Å². The quantitative estimate of drug-likeness (QED) is 0.551. The summed E-state index contributed by atoms with van der Waals surface area (Å²) in [5, 5.41) is 12.4. The molecule has 6 rings (SSSR count). The zero-order chi connectivity index (χ0) is 23.6. The number of anilines is 2. The molecule has 3 unspecified atom stereocenters. The zero-order valence-corrected chi connectivity index (χ0v) is 19.2. The summed E-state index contributed by atoms with van der Waals surface area (Å²) in [5.41, 5.74) is 8.52. The molecule has 2 fully saturated rings. The number of aryl methyl sites for hydroxylation is 1. The lowest BCUT2D eigenvalue weighted by atomic mass is 10.1. The molecule has 0 radical (unpaired) electrons. The summed E-state index contributed by atoms with van der Waals surface area (Å²) in [7, 11) is 0. The Labute approximate surface area is 199 Å². The predicted molar refractivity (Wildman–Crippen MR) is 127 cm³/mol. The van der Waals surface area contributed by atoms with E-state index in [4.69, 9.17) is 26.8 Å². The summed E-state index contributed by atoms with van der Waals surface area (Å²) in [6, 6.07) is 7.13. The van der Waals surface area contributed by atoms with Gasteiger partial charge >= 0.3 is 6.34 Å². The highest BCUT2D eigenvalue weighted by atomic mass is 35.5. The van der Waals surface area contributed by atoms with E-state index in [1.54, 1.807) is 29.2 Å². The van der Waals surface area contributed by atoms with Gasteiger partial charge in [-0.05, 0) is 60.6 Å². The molecule has 1 saturated carbocycles. The fraction of sp³-hybridized carbons (Fsp3) is 0.304. The minimum absolute atomic E-state index is 0.0232. The number of rotatable bonds is 4. The van der Waals surface area contributed by atoms with Crippen molar-refractivity contribution in [2.75, 3.05) is 17.2 Å². The third-order valence-corrected chi connectivity index (χ3v) is 7.07. The molecule has 3 atom stereocenters. The maximum Gasteiger partial charge on any atom is 0.314 e. The van der Waals surface area contributed by atoms with Crippen LogP contribution in [0.15, 0.2) is 51.3 Å². The van der Waals surface area contributed by atoms with Gasteiger partial charge < -0.3 is 20.5 Å². The van der Waals surface area contributed by atoms with E-state index in [1.807, 2.05) is 13.0 Å². The van der Waals surface area contributed by atoms with Gasteiger partial charge in [-0.25, -0.2) is 4.98 Å². The number of carbonyl (C=O) groups is 1. The topological polar surface area (TPSA) is 125 Å². The Morgan fingerprint density at radius 2 is 2.21 bits per heavy atom. The van der Waals surface area contributed by atoms with Crippen LogP contribution in [0.1, 0.15) is 28.9 Å². The first-order valence-corrected chi connectivity index (χ1v) is 11.4. The molecule has 1 saturated heterocycles. The van der Waals surface area contributed by atoms with Crippen molar-refractivity contribution in [2.24, 2.45) is 16.0 Å². The molecule has 0 spiro atoms. The van der Waals surface area contributed by atoms with Crippen LogP contribution in [0.2, 0.25) is 5.02 Å². The van der Waals surface area contributed by atoms with Crippen LogP contribution in [-0.4, -0.2) is 45.7 Å². The molecule has 4 heterocycles. The van der Waals surface area contributed by atoms with Crippen molar-refractivity contribution >= 4 is 52.1 Å². The van der Waals surface area contributed by atoms with Crippen LogP contribution in [0.3, 0.4) is 0 Å². The van der Waals surface area contributed by atoms with Gasteiger partial charge in [0.05, 0.1) is 28.1 Å². The number of hydrogen-bond donors (Lipinski definition) is 2. The Balaban J connectivity index is 1.24. The number of pyridine rings is 1. The molecule has 1 aromatic carbocycles. The first-order valence-electron chi connectivity index (χ1n) is 11.0. The summed E-state index contributed by atoms with van der Waals surface area (Å²) < 4.78 is 7.07. The van der Waals surface area contributed by atoms with E-state index in [9.17, 15) is 4.79 Å². The van der Waals surface area contributed by atoms with Gasteiger partial charge in [-0.15, -0.1) is 0 Å². The maximum absolute atomic E-state index is 13.2. The lowest BCUT2D eigenvalue weighted by Gasteiger charge is -2.28. The zero-order valence-electron chi connectivity index (χ0n) is 18.4. The number of halogens is 1. The molecule has 11 heteroatoms. The minimum atomic E-state index is -0.206. The number of aliphatic imine (C=N–C) groups is 1. The second-order valence-electron chi connectivity index (χ2n) is 8.86. The SMILES string of the molecule is C=C1N=C[N+](c2ccc(C(=O)NC3C4CCC3N(c3nc(C)cc5c(N)noc35)C4)c(Cl)c2)=N1. The third-order valence-electron chi connectivity index (χ3n) is 6.75. The number of carbonyl (C=O) groups excluding carboxylic acids is 1. The van der Waals surface area contributed by atoms with Crippen molar-refractivity contribution in [1.82, 2.24) is 15.5 Å². The Morgan fingerprint density at radius 1 is 1.35 bits per heavy atom. The molecule has 3 aliphatic rings.